The highest BCUT2D eigenvalue weighted by Gasteiger charge is 2.57. The van der Waals surface area contributed by atoms with E-state index in [4.69, 9.17) is 4.74 Å². The zero-order valence-corrected chi connectivity index (χ0v) is 16.7. The van der Waals surface area contributed by atoms with Crippen LogP contribution in [0.4, 0.5) is 5.69 Å². The molecule has 1 aromatic rings. The van der Waals surface area contributed by atoms with E-state index in [-0.39, 0.29) is 12.1 Å². The van der Waals surface area contributed by atoms with Crippen LogP contribution >= 0.6 is 0 Å². The number of carbonyl (C=O) groups excluding carboxylic acids is 1. The van der Waals surface area contributed by atoms with E-state index in [0.717, 1.165) is 12.0 Å². The van der Waals surface area contributed by atoms with Gasteiger partial charge in [0.25, 0.3) is 0 Å². The van der Waals surface area contributed by atoms with E-state index in [1.165, 1.54) is 17.0 Å². The number of benzene rings is 1. The molecule has 0 aromatic heterocycles. The molecular formula is C20H27NO4S. The highest BCUT2D eigenvalue weighted by Crippen LogP contribution is 2.61. The van der Waals surface area contributed by atoms with Crippen molar-refractivity contribution < 1.29 is 17.9 Å². The quantitative estimate of drug-likeness (QED) is 0.759. The first kappa shape index (κ1) is 17.8. The van der Waals surface area contributed by atoms with Crippen molar-refractivity contribution in [1.29, 1.82) is 0 Å². The van der Waals surface area contributed by atoms with Crippen LogP contribution < -0.4 is 4.31 Å². The van der Waals surface area contributed by atoms with E-state index in [1.807, 2.05) is 0 Å². The van der Waals surface area contributed by atoms with Gasteiger partial charge in [0.15, 0.2) is 0 Å². The lowest BCUT2D eigenvalue weighted by molar-refractivity contribution is -0.156. The molecule has 6 heteroatoms. The number of anilines is 1. The summed E-state index contributed by atoms with van der Waals surface area (Å²) in [6.07, 6.45) is 4.02. The van der Waals surface area contributed by atoms with Crippen LogP contribution in [0.5, 0.6) is 0 Å². The average Bonchev–Trinajstić information content (AvgIpc) is 2.99. The maximum atomic E-state index is 12.7. The minimum Gasteiger partial charge on any atom is -0.458 e. The van der Waals surface area contributed by atoms with Crippen LogP contribution in [0.1, 0.15) is 49.5 Å². The molecule has 2 bridgehead atoms. The van der Waals surface area contributed by atoms with Gasteiger partial charge in [-0.05, 0) is 66.2 Å². The van der Waals surface area contributed by atoms with Crippen LogP contribution in [0.2, 0.25) is 0 Å². The summed E-state index contributed by atoms with van der Waals surface area (Å²) in [4.78, 5) is 12.7. The fourth-order valence-electron chi connectivity index (χ4n) is 5.31. The van der Waals surface area contributed by atoms with Gasteiger partial charge in [0.05, 0.1) is 17.5 Å². The number of carbonyl (C=O) groups is 1. The van der Waals surface area contributed by atoms with E-state index >= 15 is 0 Å². The lowest BCUT2D eigenvalue weighted by Crippen LogP contribution is -2.57. The first-order valence-electron chi connectivity index (χ1n) is 9.40. The molecule has 0 spiro atoms. The maximum Gasteiger partial charge on any atom is 0.338 e. The van der Waals surface area contributed by atoms with Gasteiger partial charge in [0, 0.05) is 6.54 Å². The molecule has 0 saturated heterocycles. The van der Waals surface area contributed by atoms with Gasteiger partial charge in [-0.1, -0.05) is 20.8 Å². The molecule has 0 radical (unpaired) electrons. The van der Waals surface area contributed by atoms with Crippen LogP contribution in [0, 0.1) is 23.2 Å². The number of fused-ring (bicyclic) bond motifs is 3. The van der Waals surface area contributed by atoms with Gasteiger partial charge in [-0.2, -0.15) is 0 Å². The SMILES string of the molecule is CC1C(OC(=O)c2ccc3c(c2)CCN3S(C)(=O)=O)CC2CC1C2(C)C. The standard InChI is InChI=1S/C20H27NO4S/c1-12-16-10-15(20(16,2)3)11-18(12)25-19(22)14-5-6-17-13(9-14)7-8-21(17)26(4,23)24/h5-6,9,12,15-16,18H,7-8,10-11H2,1-4H3. The Hall–Kier alpha value is -1.56. The van der Waals surface area contributed by atoms with Crippen LogP contribution in [0.25, 0.3) is 0 Å². The van der Waals surface area contributed by atoms with Gasteiger partial charge in [-0.3, -0.25) is 4.31 Å². The number of hydrogen-bond acceptors (Lipinski definition) is 4. The summed E-state index contributed by atoms with van der Waals surface area (Å²) in [5.41, 5.74) is 2.46. The molecule has 142 valence electrons. The highest BCUT2D eigenvalue weighted by atomic mass is 32.2. The van der Waals surface area contributed by atoms with E-state index in [0.29, 0.717) is 47.4 Å². The van der Waals surface area contributed by atoms with Crippen molar-refractivity contribution in [3.8, 4) is 0 Å². The molecule has 0 N–H and O–H groups in total. The Bertz CT molecular complexity index is 861. The first-order valence-corrected chi connectivity index (χ1v) is 11.3. The van der Waals surface area contributed by atoms with Crippen molar-refractivity contribution in [1.82, 2.24) is 0 Å². The normalized spacial score (nSPS) is 31.9. The summed E-state index contributed by atoms with van der Waals surface area (Å²) in [6, 6.07) is 5.20. The van der Waals surface area contributed by atoms with Gasteiger partial charge in [-0.25, -0.2) is 13.2 Å². The van der Waals surface area contributed by atoms with Crippen molar-refractivity contribution in [2.45, 2.75) is 46.1 Å². The Kier molecular flexibility index (Phi) is 3.92. The third-order valence-corrected chi connectivity index (χ3v) is 8.29. The van der Waals surface area contributed by atoms with Crippen molar-refractivity contribution in [3.63, 3.8) is 0 Å². The third kappa shape index (κ3) is 2.65. The first-order chi connectivity index (χ1) is 12.1. The number of esters is 1. The molecule has 3 saturated carbocycles. The van der Waals surface area contributed by atoms with E-state index in [1.54, 1.807) is 18.2 Å². The zero-order chi connectivity index (χ0) is 18.9. The number of rotatable bonds is 3. The summed E-state index contributed by atoms with van der Waals surface area (Å²) < 4.78 is 30.9. The van der Waals surface area contributed by atoms with Gasteiger partial charge >= 0.3 is 5.97 Å². The van der Waals surface area contributed by atoms with Gasteiger partial charge in [0.2, 0.25) is 10.0 Å². The largest absolute Gasteiger partial charge is 0.458 e. The minimum atomic E-state index is -3.27. The maximum absolute atomic E-state index is 12.7. The van der Waals surface area contributed by atoms with Crippen LogP contribution in [0.3, 0.4) is 0 Å². The predicted octanol–water partition coefficient (Wildman–Crippen LogP) is 3.24. The van der Waals surface area contributed by atoms with Gasteiger partial charge in [0.1, 0.15) is 6.10 Å². The van der Waals surface area contributed by atoms with Crippen molar-refractivity contribution in [2.24, 2.45) is 23.2 Å². The van der Waals surface area contributed by atoms with Crippen molar-refractivity contribution in [3.05, 3.63) is 29.3 Å². The number of hydrogen-bond donors (Lipinski definition) is 0. The molecular weight excluding hydrogens is 350 g/mol. The Morgan fingerprint density at radius 1 is 1.27 bits per heavy atom. The molecule has 1 aliphatic heterocycles. The van der Waals surface area contributed by atoms with Crippen LogP contribution in [-0.4, -0.2) is 33.3 Å². The van der Waals surface area contributed by atoms with Crippen LogP contribution in [0.15, 0.2) is 18.2 Å². The van der Waals surface area contributed by atoms with E-state index in [2.05, 4.69) is 20.8 Å². The number of ether oxygens (including phenoxy) is 1. The van der Waals surface area contributed by atoms with Crippen molar-refractivity contribution in [2.75, 3.05) is 17.1 Å². The topological polar surface area (TPSA) is 63.7 Å². The average molecular weight is 378 g/mol. The minimum absolute atomic E-state index is 0.0138. The Morgan fingerprint density at radius 2 is 2.00 bits per heavy atom. The summed E-state index contributed by atoms with van der Waals surface area (Å²) in [5, 5.41) is 0. The fraction of sp³-hybridized carbons (Fsp3) is 0.650. The van der Waals surface area contributed by atoms with Gasteiger partial charge < -0.3 is 4.74 Å². The molecule has 26 heavy (non-hydrogen) atoms. The summed E-state index contributed by atoms with van der Waals surface area (Å²) in [6.45, 7) is 7.29. The predicted molar refractivity (Wildman–Crippen MR) is 101 cm³/mol. The Labute approximate surface area is 155 Å². The van der Waals surface area contributed by atoms with Crippen LogP contribution in [-0.2, 0) is 21.2 Å². The molecule has 4 unspecified atom stereocenters. The Morgan fingerprint density at radius 3 is 2.62 bits per heavy atom. The van der Waals surface area contributed by atoms with Crippen molar-refractivity contribution >= 4 is 21.7 Å². The summed E-state index contributed by atoms with van der Waals surface area (Å²) in [7, 11) is -3.27. The Balaban J connectivity index is 1.49. The molecule has 3 fully saturated rings. The summed E-state index contributed by atoms with van der Waals surface area (Å²) in [5.74, 6) is 1.36. The second-order valence-electron chi connectivity index (χ2n) is 8.83. The molecule has 0 amide bonds. The third-order valence-electron chi connectivity index (χ3n) is 7.11. The van der Waals surface area contributed by atoms with E-state index in [9.17, 15) is 13.2 Å². The number of sulfonamides is 1. The molecule has 4 atom stereocenters. The molecule has 3 aliphatic carbocycles. The monoisotopic (exact) mass is 377 g/mol. The smallest absolute Gasteiger partial charge is 0.338 e. The van der Waals surface area contributed by atoms with Gasteiger partial charge in [-0.15, -0.1) is 0 Å². The molecule has 1 heterocycles. The lowest BCUT2D eigenvalue weighted by atomic mass is 9.45. The molecule has 5 nitrogen and oxygen atoms in total. The second-order valence-corrected chi connectivity index (χ2v) is 10.7. The number of nitrogens with zero attached hydrogens (tertiary/aromatic N) is 1. The zero-order valence-electron chi connectivity index (χ0n) is 15.9. The lowest BCUT2D eigenvalue weighted by Gasteiger charge is -2.61. The molecule has 4 aliphatic rings. The molecule has 5 rings (SSSR count). The van der Waals surface area contributed by atoms with E-state index < -0.39 is 10.0 Å². The summed E-state index contributed by atoms with van der Waals surface area (Å²) >= 11 is 0. The highest BCUT2D eigenvalue weighted by molar-refractivity contribution is 7.92. The molecule has 1 aromatic carbocycles. The fourth-order valence-corrected chi connectivity index (χ4v) is 6.26. The second kappa shape index (κ2) is 5.72.